The lowest BCUT2D eigenvalue weighted by Crippen LogP contribution is -2.59. The molecule has 176 valence electrons. The third-order valence-electron chi connectivity index (χ3n) is 7.24. The number of fused-ring (bicyclic) bond motifs is 4. The van der Waals surface area contributed by atoms with E-state index in [1.165, 1.54) is 0 Å². The number of benzene rings is 2. The third kappa shape index (κ3) is 3.59. The zero-order valence-electron chi connectivity index (χ0n) is 20.1. The summed E-state index contributed by atoms with van der Waals surface area (Å²) in [4.78, 5) is 2.51. The van der Waals surface area contributed by atoms with Gasteiger partial charge in [-0.2, -0.15) is 5.10 Å². The molecule has 7 nitrogen and oxygen atoms in total. The van der Waals surface area contributed by atoms with Crippen molar-refractivity contribution in [2.45, 2.75) is 50.9 Å². The van der Waals surface area contributed by atoms with Crippen LogP contribution in [0.25, 0.3) is 0 Å². The molecule has 1 saturated heterocycles. The van der Waals surface area contributed by atoms with E-state index in [2.05, 4.69) is 29.8 Å². The maximum absolute atomic E-state index is 6.82. The van der Waals surface area contributed by atoms with Gasteiger partial charge in [0, 0.05) is 55.6 Å². The molecule has 0 aliphatic carbocycles. The Balaban J connectivity index is 1.57. The lowest BCUT2D eigenvalue weighted by atomic mass is 9.90. The standard InChI is InChI=1S/C26H33N3O4/c1-17(2)28-13-11-26(12-14-28)29-22(20-7-6-8-23(31-4)25(20)33-26)16-21(27-29)19-10-9-18(30-3)15-24(19)32-5/h6-10,15,17,22H,11-14,16H2,1-5H3/t22-/m1/s1. The van der Waals surface area contributed by atoms with Crippen molar-refractivity contribution >= 4 is 5.71 Å². The zero-order chi connectivity index (χ0) is 23.2. The largest absolute Gasteiger partial charge is 0.497 e. The van der Waals surface area contributed by atoms with Gasteiger partial charge in [0.2, 0.25) is 5.72 Å². The minimum Gasteiger partial charge on any atom is -0.497 e. The van der Waals surface area contributed by atoms with Crippen molar-refractivity contribution in [2.75, 3.05) is 34.4 Å². The monoisotopic (exact) mass is 451 g/mol. The quantitative estimate of drug-likeness (QED) is 0.669. The Kier molecular flexibility index (Phi) is 5.60. The second kappa shape index (κ2) is 8.45. The zero-order valence-corrected chi connectivity index (χ0v) is 20.1. The Labute approximate surface area is 195 Å². The van der Waals surface area contributed by atoms with Gasteiger partial charge >= 0.3 is 0 Å². The van der Waals surface area contributed by atoms with Crippen LogP contribution in [0.2, 0.25) is 0 Å². The van der Waals surface area contributed by atoms with Crippen LogP contribution in [0.3, 0.4) is 0 Å². The number of nitrogens with zero attached hydrogens (tertiary/aromatic N) is 3. The lowest BCUT2D eigenvalue weighted by molar-refractivity contribution is -0.153. The van der Waals surface area contributed by atoms with Gasteiger partial charge in [0.1, 0.15) is 11.5 Å². The molecule has 2 aromatic rings. The number of ether oxygens (including phenoxy) is 4. The highest BCUT2D eigenvalue weighted by Gasteiger charge is 2.52. The van der Waals surface area contributed by atoms with E-state index in [0.717, 1.165) is 72.2 Å². The van der Waals surface area contributed by atoms with Gasteiger partial charge in [-0.15, -0.1) is 0 Å². The molecule has 0 saturated carbocycles. The van der Waals surface area contributed by atoms with Crippen molar-refractivity contribution < 1.29 is 18.9 Å². The first-order valence-corrected chi connectivity index (χ1v) is 11.7. The second-order valence-corrected chi connectivity index (χ2v) is 9.23. The molecule has 3 aliphatic heterocycles. The van der Waals surface area contributed by atoms with E-state index in [4.69, 9.17) is 24.0 Å². The summed E-state index contributed by atoms with van der Waals surface area (Å²) in [7, 11) is 5.06. The fraction of sp³-hybridized carbons (Fsp3) is 0.500. The number of hydrogen-bond donors (Lipinski definition) is 0. The second-order valence-electron chi connectivity index (χ2n) is 9.23. The van der Waals surface area contributed by atoms with E-state index in [0.29, 0.717) is 6.04 Å². The molecular weight excluding hydrogens is 418 g/mol. The molecule has 0 amide bonds. The van der Waals surface area contributed by atoms with Crippen molar-refractivity contribution in [3.8, 4) is 23.0 Å². The molecule has 7 heteroatoms. The highest BCUT2D eigenvalue weighted by Crippen LogP contribution is 2.53. The van der Waals surface area contributed by atoms with E-state index in [9.17, 15) is 0 Å². The number of hydrogen-bond acceptors (Lipinski definition) is 7. The number of piperidine rings is 1. The molecule has 3 aliphatic rings. The van der Waals surface area contributed by atoms with E-state index in [1.54, 1.807) is 21.3 Å². The summed E-state index contributed by atoms with van der Waals surface area (Å²) in [5, 5.41) is 7.42. The van der Waals surface area contributed by atoms with Crippen LogP contribution in [0.4, 0.5) is 0 Å². The average Bonchev–Trinajstić information content (AvgIpc) is 3.30. The van der Waals surface area contributed by atoms with Gasteiger partial charge in [-0.1, -0.05) is 12.1 Å². The maximum atomic E-state index is 6.82. The molecule has 1 fully saturated rings. The smallest absolute Gasteiger partial charge is 0.200 e. The van der Waals surface area contributed by atoms with Crippen LogP contribution in [0.5, 0.6) is 23.0 Å². The SMILES string of the molecule is COc1ccc(C2=NN3[C@H](C2)c2cccc(OC)c2OC32CCN(C(C)C)CC2)c(OC)c1. The Morgan fingerprint density at radius 2 is 1.76 bits per heavy atom. The van der Waals surface area contributed by atoms with Gasteiger partial charge in [-0.3, -0.25) is 0 Å². The normalized spacial score (nSPS) is 21.3. The van der Waals surface area contributed by atoms with Crippen molar-refractivity contribution in [3.05, 3.63) is 47.5 Å². The molecule has 33 heavy (non-hydrogen) atoms. The van der Waals surface area contributed by atoms with Crippen molar-refractivity contribution in [1.29, 1.82) is 0 Å². The first-order valence-electron chi connectivity index (χ1n) is 11.7. The molecule has 2 aromatic carbocycles. The van der Waals surface area contributed by atoms with Gasteiger partial charge in [-0.05, 0) is 32.0 Å². The molecule has 1 spiro atoms. The van der Waals surface area contributed by atoms with E-state index >= 15 is 0 Å². The Hall–Kier alpha value is -2.93. The lowest BCUT2D eigenvalue weighted by Gasteiger charge is -2.51. The first kappa shape index (κ1) is 21.9. The molecule has 5 rings (SSSR count). The minimum atomic E-state index is -0.487. The number of para-hydroxylation sites is 1. The molecule has 0 bridgehead atoms. The molecule has 0 unspecified atom stereocenters. The summed E-state index contributed by atoms with van der Waals surface area (Å²) in [6, 6.07) is 12.7. The summed E-state index contributed by atoms with van der Waals surface area (Å²) < 4.78 is 23.6. The predicted octanol–water partition coefficient (Wildman–Crippen LogP) is 4.46. The molecule has 0 aromatic heterocycles. The summed E-state index contributed by atoms with van der Waals surface area (Å²) in [5.41, 5.74) is 2.63. The van der Waals surface area contributed by atoms with Crippen LogP contribution in [0.1, 0.15) is 50.3 Å². The molecule has 0 radical (unpaired) electrons. The Morgan fingerprint density at radius 1 is 1.00 bits per heavy atom. The molecule has 1 atom stereocenters. The van der Waals surface area contributed by atoms with Gasteiger partial charge in [0.25, 0.3) is 0 Å². The summed E-state index contributed by atoms with van der Waals surface area (Å²) in [6.07, 6.45) is 2.55. The fourth-order valence-electron chi connectivity index (χ4n) is 5.35. The minimum absolute atomic E-state index is 0.0938. The summed E-state index contributed by atoms with van der Waals surface area (Å²) >= 11 is 0. The molecule has 3 heterocycles. The van der Waals surface area contributed by atoms with E-state index in [1.807, 2.05) is 30.3 Å². The van der Waals surface area contributed by atoms with Crippen LogP contribution in [0, 0.1) is 0 Å². The van der Waals surface area contributed by atoms with Crippen molar-refractivity contribution in [2.24, 2.45) is 5.10 Å². The number of rotatable bonds is 5. The van der Waals surface area contributed by atoms with E-state index in [-0.39, 0.29) is 6.04 Å². The first-order chi connectivity index (χ1) is 16.0. The third-order valence-corrected chi connectivity index (χ3v) is 7.24. The number of hydrazone groups is 1. The maximum Gasteiger partial charge on any atom is 0.200 e. The van der Waals surface area contributed by atoms with Gasteiger partial charge in [-0.25, -0.2) is 5.01 Å². The van der Waals surface area contributed by atoms with Crippen LogP contribution in [-0.2, 0) is 0 Å². The van der Waals surface area contributed by atoms with Gasteiger partial charge in [0.05, 0.1) is 33.1 Å². The van der Waals surface area contributed by atoms with Crippen LogP contribution < -0.4 is 18.9 Å². The average molecular weight is 452 g/mol. The van der Waals surface area contributed by atoms with Crippen molar-refractivity contribution in [3.63, 3.8) is 0 Å². The summed E-state index contributed by atoms with van der Waals surface area (Å²) in [5.74, 6) is 3.18. The fourth-order valence-corrected chi connectivity index (χ4v) is 5.35. The number of methoxy groups -OCH3 is 3. The van der Waals surface area contributed by atoms with Gasteiger partial charge < -0.3 is 23.8 Å². The molecule has 0 N–H and O–H groups in total. The summed E-state index contributed by atoms with van der Waals surface area (Å²) in [6.45, 7) is 6.45. The van der Waals surface area contributed by atoms with Crippen molar-refractivity contribution in [1.82, 2.24) is 9.91 Å². The Morgan fingerprint density at radius 3 is 2.42 bits per heavy atom. The highest BCUT2D eigenvalue weighted by molar-refractivity contribution is 6.04. The van der Waals surface area contributed by atoms with Gasteiger partial charge in [0.15, 0.2) is 11.5 Å². The Bertz CT molecular complexity index is 1060. The van der Waals surface area contributed by atoms with E-state index < -0.39 is 5.72 Å². The highest BCUT2D eigenvalue weighted by atomic mass is 16.5. The topological polar surface area (TPSA) is 55.8 Å². The van der Waals surface area contributed by atoms with Crippen LogP contribution >= 0.6 is 0 Å². The predicted molar refractivity (Wildman–Crippen MR) is 128 cm³/mol. The number of likely N-dealkylation sites (tertiary alicyclic amines) is 1. The molecular formula is C26H33N3O4. The van der Waals surface area contributed by atoms with Crippen LogP contribution in [0.15, 0.2) is 41.5 Å². The van der Waals surface area contributed by atoms with Crippen LogP contribution in [-0.4, -0.2) is 61.8 Å².